The molecule has 0 aliphatic rings. The molecule has 0 radical (unpaired) electrons. The first kappa shape index (κ1) is 13.1. The lowest BCUT2D eigenvalue weighted by atomic mass is 10.2. The van der Waals surface area contributed by atoms with Gasteiger partial charge in [-0.15, -0.1) is 0 Å². The molecule has 18 heavy (non-hydrogen) atoms. The van der Waals surface area contributed by atoms with Gasteiger partial charge in [-0.25, -0.2) is 4.98 Å². The first-order chi connectivity index (χ1) is 8.65. The van der Waals surface area contributed by atoms with Crippen LogP contribution in [0, 0.1) is 0 Å². The predicted molar refractivity (Wildman–Crippen MR) is 74.6 cm³/mol. The van der Waals surface area contributed by atoms with E-state index in [1.54, 1.807) is 6.07 Å². The van der Waals surface area contributed by atoms with Gasteiger partial charge in [-0.05, 0) is 29.8 Å². The van der Waals surface area contributed by atoms with E-state index in [4.69, 9.17) is 11.6 Å². The monoisotopic (exact) mass is 324 g/mol. The normalized spacial score (nSPS) is 10.1. The molecule has 1 aromatic heterocycles. The molecule has 5 heteroatoms. The van der Waals surface area contributed by atoms with Crippen molar-refractivity contribution in [3.05, 3.63) is 63.3 Å². The van der Waals surface area contributed by atoms with Crippen molar-refractivity contribution in [2.75, 3.05) is 0 Å². The van der Waals surface area contributed by atoms with Crippen LogP contribution in [-0.4, -0.2) is 10.9 Å². The van der Waals surface area contributed by atoms with Gasteiger partial charge in [0.25, 0.3) is 5.91 Å². The third kappa shape index (κ3) is 3.55. The maximum atomic E-state index is 11.8. The smallest absolute Gasteiger partial charge is 0.251 e. The Balaban J connectivity index is 2.00. The number of carbonyl (C=O) groups excluding carboxylic acids is 1. The van der Waals surface area contributed by atoms with Crippen molar-refractivity contribution in [3.63, 3.8) is 0 Å². The van der Waals surface area contributed by atoms with Crippen LogP contribution in [0.1, 0.15) is 15.9 Å². The van der Waals surface area contributed by atoms with E-state index in [0.29, 0.717) is 17.3 Å². The van der Waals surface area contributed by atoms with E-state index in [1.165, 1.54) is 12.3 Å². The van der Waals surface area contributed by atoms with E-state index in [-0.39, 0.29) is 5.91 Å². The minimum absolute atomic E-state index is 0.167. The largest absolute Gasteiger partial charge is 0.348 e. The second-order valence-electron chi connectivity index (χ2n) is 3.68. The Bertz CT molecular complexity index is 574. The summed E-state index contributed by atoms with van der Waals surface area (Å²) in [7, 11) is 0. The van der Waals surface area contributed by atoms with Crippen LogP contribution >= 0.6 is 27.5 Å². The van der Waals surface area contributed by atoms with Gasteiger partial charge in [0.2, 0.25) is 0 Å². The van der Waals surface area contributed by atoms with Crippen LogP contribution in [0.25, 0.3) is 0 Å². The van der Waals surface area contributed by atoms with Crippen LogP contribution in [0.15, 0.2) is 47.1 Å². The summed E-state index contributed by atoms with van der Waals surface area (Å²) in [5.41, 5.74) is 1.53. The summed E-state index contributed by atoms with van der Waals surface area (Å²) in [6, 6.07) is 10.9. The van der Waals surface area contributed by atoms with Gasteiger partial charge in [0.1, 0.15) is 5.15 Å². The summed E-state index contributed by atoms with van der Waals surface area (Å²) in [5.74, 6) is -0.167. The number of hydrogen-bond donors (Lipinski definition) is 1. The van der Waals surface area contributed by atoms with Crippen LogP contribution in [0.4, 0.5) is 0 Å². The average molecular weight is 326 g/mol. The van der Waals surface area contributed by atoms with Gasteiger partial charge in [-0.3, -0.25) is 4.79 Å². The molecule has 2 aromatic rings. The number of halogens is 2. The molecule has 0 saturated heterocycles. The summed E-state index contributed by atoms with van der Waals surface area (Å²) in [6.07, 6.45) is 1.51. The van der Waals surface area contributed by atoms with E-state index in [1.807, 2.05) is 24.3 Å². The van der Waals surface area contributed by atoms with Crippen molar-refractivity contribution in [3.8, 4) is 0 Å². The lowest BCUT2D eigenvalue weighted by molar-refractivity contribution is 0.0951. The van der Waals surface area contributed by atoms with Gasteiger partial charge in [-0.2, -0.15) is 0 Å². The molecule has 0 aliphatic carbocycles. The molecule has 0 aliphatic heterocycles. The number of benzene rings is 1. The minimum atomic E-state index is -0.167. The Morgan fingerprint density at radius 1 is 1.33 bits per heavy atom. The van der Waals surface area contributed by atoms with Crippen LogP contribution < -0.4 is 5.32 Å². The Hall–Kier alpha value is -1.39. The molecule has 0 bridgehead atoms. The van der Waals surface area contributed by atoms with Crippen molar-refractivity contribution < 1.29 is 4.79 Å². The van der Waals surface area contributed by atoms with Gasteiger partial charge < -0.3 is 5.32 Å². The lowest BCUT2D eigenvalue weighted by Crippen LogP contribution is -2.22. The minimum Gasteiger partial charge on any atom is -0.348 e. The third-order valence-corrected chi connectivity index (χ3v) is 3.03. The molecule has 0 spiro atoms. The van der Waals surface area contributed by atoms with E-state index in [9.17, 15) is 4.79 Å². The molecule has 0 unspecified atom stereocenters. The summed E-state index contributed by atoms with van der Waals surface area (Å²) in [6.45, 7) is 0.470. The zero-order chi connectivity index (χ0) is 13.0. The second-order valence-corrected chi connectivity index (χ2v) is 4.98. The zero-order valence-electron chi connectivity index (χ0n) is 9.36. The zero-order valence-corrected chi connectivity index (χ0v) is 11.7. The molecule has 1 heterocycles. The summed E-state index contributed by atoms with van der Waals surface area (Å²) in [5, 5.41) is 3.13. The Kier molecular flexibility index (Phi) is 4.33. The average Bonchev–Trinajstić information content (AvgIpc) is 2.36. The van der Waals surface area contributed by atoms with E-state index < -0.39 is 0 Å². The molecule has 1 N–H and O–H groups in total. The molecule has 2 rings (SSSR count). The third-order valence-electron chi connectivity index (χ3n) is 2.33. The molecule has 0 atom stereocenters. The highest BCUT2D eigenvalue weighted by atomic mass is 79.9. The fraction of sp³-hybridized carbons (Fsp3) is 0.0769. The van der Waals surface area contributed by atoms with Crippen molar-refractivity contribution in [2.45, 2.75) is 6.54 Å². The summed E-state index contributed by atoms with van der Waals surface area (Å²) in [4.78, 5) is 15.7. The molecule has 3 nitrogen and oxygen atoms in total. The number of nitrogens with one attached hydrogen (secondary N) is 1. The van der Waals surface area contributed by atoms with Crippen LogP contribution in [0.5, 0.6) is 0 Å². The topological polar surface area (TPSA) is 42.0 Å². The predicted octanol–water partition coefficient (Wildman–Crippen LogP) is 3.43. The number of pyridine rings is 1. The molecule has 0 fully saturated rings. The number of aromatic nitrogens is 1. The highest BCUT2D eigenvalue weighted by molar-refractivity contribution is 9.10. The quantitative estimate of drug-likeness (QED) is 0.879. The van der Waals surface area contributed by atoms with E-state index in [0.717, 1.165) is 10.0 Å². The second kappa shape index (κ2) is 5.98. The first-order valence-electron chi connectivity index (χ1n) is 5.29. The van der Waals surface area contributed by atoms with E-state index >= 15 is 0 Å². The number of hydrogen-bond acceptors (Lipinski definition) is 2. The summed E-state index contributed by atoms with van der Waals surface area (Å²) < 4.78 is 0.987. The van der Waals surface area contributed by atoms with Crippen molar-refractivity contribution >= 4 is 33.4 Å². The highest BCUT2D eigenvalue weighted by Gasteiger charge is 2.05. The number of rotatable bonds is 3. The molecule has 0 saturated carbocycles. The Morgan fingerprint density at radius 3 is 2.89 bits per heavy atom. The maximum Gasteiger partial charge on any atom is 0.251 e. The molecule has 92 valence electrons. The van der Waals surface area contributed by atoms with Gasteiger partial charge in [0.15, 0.2) is 0 Å². The highest BCUT2D eigenvalue weighted by Crippen LogP contribution is 2.12. The van der Waals surface area contributed by atoms with E-state index in [2.05, 4.69) is 26.2 Å². The van der Waals surface area contributed by atoms with Gasteiger partial charge in [-0.1, -0.05) is 39.7 Å². The van der Waals surface area contributed by atoms with Gasteiger partial charge in [0, 0.05) is 22.8 Å². The SMILES string of the molecule is O=C(NCc1cccc(Br)c1)c1ccnc(Cl)c1. The van der Waals surface area contributed by atoms with Crippen LogP contribution in [0.3, 0.4) is 0 Å². The van der Waals surface area contributed by atoms with Crippen molar-refractivity contribution in [2.24, 2.45) is 0 Å². The number of carbonyl (C=O) groups is 1. The molecule has 1 amide bonds. The fourth-order valence-electron chi connectivity index (χ4n) is 1.48. The van der Waals surface area contributed by atoms with Gasteiger partial charge >= 0.3 is 0 Å². The molecule has 1 aromatic carbocycles. The van der Waals surface area contributed by atoms with Crippen molar-refractivity contribution in [1.29, 1.82) is 0 Å². The van der Waals surface area contributed by atoms with Crippen molar-refractivity contribution in [1.82, 2.24) is 10.3 Å². The first-order valence-corrected chi connectivity index (χ1v) is 6.46. The summed E-state index contributed by atoms with van der Waals surface area (Å²) >= 11 is 9.11. The van der Waals surface area contributed by atoms with Crippen LogP contribution in [-0.2, 0) is 6.54 Å². The number of amides is 1. The number of nitrogens with zero attached hydrogens (tertiary/aromatic N) is 1. The van der Waals surface area contributed by atoms with Gasteiger partial charge in [0.05, 0.1) is 0 Å². The Morgan fingerprint density at radius 2 is 2.17 bits per heavy atom. The fourth-order valence-corrected chi connectivity index (χ4v) is 2.10. The lowest BCUT2D eigenvalue weighted by Gasteiger charge is -2.05. The van der Waals surface area contributed by atoms with Crippen LogP contribution in [0.2, 0.25) is 5.15 Å². The standard InChI is InChI=1S/C13H10BrClN2O/c14-11-3-1-2-9(6-11)8-17-13(18)10-4-5-16-12(15)7-10/h1-7H,8H2,(H,17,18). The molecular weight excluding hydrogens is 316 g/mol. The Labute approximate surface area is 118 Å². The molecular formula is C13H10BrClN2O. The maximum absolute atomic E-state index is 11.8.